The van der Waals surface area contributed by atoms with Gasteiger partial charge in [0.15, 0.2) is 5.21 Å². The smallest absolute Gasteiger partial charge is 0.378 e. The van der Waals surface area contributed by atoms with E-state index in [0.717, 1.165) is 0 Å². The lowest BCUT2D eigenvalue weighted by atomic mass is 10.3. The van der Waals surface area contributed by atoms with Crippen LogP contribution in [-0.4, -0.2) is 52.3 Å². The van der Waals surface area contributed by atoms with Crippen LogP contribution in [0.3, 0.4) is 0 Å². The van der Waals surface area contributed by atoms with Gasteiger partial charge in [0, 0.05) is 13.1 Å². The van der Waals surface area contributed by atoms with Crippen molar-refractivity contribution in [3.05, 3.63) is 34.6 Å². The largest absolute Gasteiger partial charge is 0.420 e. The minimum Gasteiger partial charge on any atom is -0.378 e. The summed E-state index contributed by atoms with van der Waals surface area (Å²) in [5, 5.41) is 8.52. The van der Waals surface area contributed by atoms with Crippen molar-refractivity contribution in [2.75, 3.05) is 26.3 Å². The molecule has 0 radical (unpaired) electrons. The number of amides is 1. The highest BCUT2D eigenvalue weighted by molar-refractivity contribution is 6.42. The lowest BCUT2D eigenvalue weighted by molar-refractivity contribution is -0.660. The number of aromatic nitrogens is 4. The van der Waals surface area contributed by atoms with Crippen LogP contribution in [0, 0.1) is 0 Å². The molecule has 1 amide bonds. The van der Waals surface area contributed by atoms with Crippen LogP contribution >= 0.6 is 23.2 Å². The number of halogens is 2. The second-order valence-electron chi connectivity index (χ2n) is 4.44. The van der Waals surface area contributed by atoms with Gasteiger partial charge in [-0.15, -0.1) is 4.68 Å². The summed E-state index contributed by atoms with van der Waals surface area (Å²) in [7, 11) is 0. The molecule has 2 aromatic rings. The Morgan fingerprint density at radius 1 is 1.29 bits per heavy atom. The topological polar surface area (TPSA) is 64.1 Å². The van der Waals surface area contributed by atoms with Crippen molar-refractivity contribution in [3.63, 3.8) is 0 Å². The fourth-order valence-corrected chi connectivity index (χ4v) is 2.39. The monoisotopic (exact) mass is 328 g/mol. The molecular formula is C12H12Cl2N5O2+. The molecule has 7 nitrogen and oxygen atoms in total. The van der Waals surface area contributed by atoms with Crippen molar-refractivity contribution in [2.45, 2.75) is 0 Å². The zero-order chi connectivity index (χ0) is 14.8. The van der Waals surface area contributed by atoms with Gasteiger partial charge in [0.25, 0.3) is 6.33 Å². The summed E-state index contributed by atoms with van der Waals surface area (Å²) in [5.41, 5.74) is 0.560. The third-order valence-electron chi connectivity index (χ3n) is 3.11. The van der Waals surface area contributed by atoms with Crippen LogP contribution in [0.15, 0.2) is 24.5 Å². The first-order valence-electron chi connectivity index (χ1n) is 6.32. The summed E-state index contributed by atoms with van der Waals surface area (Å²) < 4.78 is 7.79. The third-order valence-corrected chi connectivity index (χ3v) is 3.92. The van der Waals surface area contributed by atoms with Crippen molar-refractivity contribution in [3.8, 4) is 5.69 Å². The summed E-state index contributed by atoms with van der Waals surface area (Å²) in [6.07, 6.45) is 1.47. The van der Waals surface area contributed by atoms with Crippen molar-refractivity contribution < 1.29 is 14.2 Å². The van der Waals surface area contributed by atoms with E-state index in [1.807, 2.05) is 0 Å². The van der Waals surface area contributed by atoms with E-state index in [1.54, 1.807) is 23.1 Å². The van der Waals surface area contributed by atoms with Gasteiger partial charge in [0.05, 0.1) is 18.2 Å². The zero-order valence-corrected chi connectivity index (χ0v) is 12.5. The van der Waals surface area contributed by atoms with Gasteiger partial charge in [-0.1, -0.05) is 29.3 Å². The molecule has 1 saturated heterocycles. The lowest BCUT2D eigenvalue weighted by Gasteiger charge is -2.23. The molecule has 1 aromatic heterocycles. The average molecular weight is 329 g/mol. The Bertz CT molecular complexity index is 669. The highest BCUT2D eigenvalue weighted by atomic mass is 35.5. The van der Waals surface area contributed by atoms with E-state index in [2.05, 4.69) is 10.4 Å². The summed E-state index contributed by atoms with van der Waals surface area (Å²) in [6, 6.07) is 4.92. The van der Waals surface area contributed by atoms with Crippen LogP contribution in [0.2, 0.25) is 10.0 Å². The molecule has 0 N–H and O–H groups in total. The molecule has 2 heterocycles. The van der Waals surface area contributed by atoms with E-state index < -0.39 is 0 Å². The Morgan fingerprint density at radius 3 is 2.81 bits per heavy atom. The predicted octanol–water partition coefficient (Wildman–Crippen LogP) is 1.16. The Hall–Kier alpha value is -1.70. The molecule has 1 aliphatic heterocycles. The van der Waals surface area contributed by atoms with Gasteiger partial charge < -0.3 is 9.64 Å². The van der Waals surface area contributed by atoms with E-state index in [9.17, 15) is 4.79 Å². The Labute approximate surface area is 130 Å². The van der Waals surface area contributed by atoms with Gasteiger partial charge in [-0.25, -0.2) is 4.79 Å². The van der Waals surface area contributed by atoms with Crippen LogP contribution in [-0.2, 0) is 4.74 Å². The Morgan fingerprint density at radius 2 is 2.05 bits per heavy atom. The number of ether oxygens (including phenoxy) is 1. The molecule has 21 heavy (non-hydrogen) atoms. The van der Waals surface area contributed by atoms with Crippen LogP contribution in [0.5, 0.6) is 0 Å². The summed E-state index contributed by atoms with van der Waals surface area (Å²) in [6.45, 7) is 2.13. The van der Waals surface area contributed by atoms with Crippen molar-refractivity contribution in [1.82, 2.24) is 20.0 Å². The maximum atomic E-state index is 12.3. The number of nitrogens with zero attached hydrogens (tertiary/aromatic N) is 5. The van der Waals surface area contributed by atoms with Crippen molar-refractivity contribution in [2.24, 2.45) is 0 Å². The number of hydrogen-bond donors (Lipinski definition) is 0. The van der Waals surface area contributed by atoms with Gasteiger partial charge in [-0.05, 0) is 16.8 Å². The second-order valence-corrected chi connectivity index (χ2v) is 5.22. The quantitative estimate of drug-likeness (QED) is 0.582. The first-order chi connectivity index (χ1) is 10.2. The Kier molecular flexibility index (Phi) is 4.05. The predicted molar refractivity (Wildman–Crippen MR) is 74.8 cm³/mol. The van der Waals surface area contributed by atoms with E-state index >= 15 is 0 Å². The number of hydrogen-bond acceptors (Lipinski definition) is 4. The van der Waals surface area contributed by atoms with Gasteiger partial charge in [0.1, 0.15) is 15.9 Å². The third kappa shape index (κ3) is 2.85. The first kappa shape index (κ1) is 14.2. The fraction of sp³-hybridized carbons (Fsp3) is 0.333. The van der Waals surface area contributed by atoms with E-state index in [4.69, 9.17) is 27.9 Å². The lowest BCUT2D eigenvalue weighted by Crippen LogP contribution is -2.43. The molecule has 0 bridgehead atoms. The molecule has 110 valence electrons. The standard InChI is InChI=1S/C12H12Cl2N5O2/c13-9-2-1-3-10(11(9)14)18-8-19(16-15-18)12(20)17-4-6-21-7-5-17/h1-3,8H,4-7H2/q+1. The van der Waals surface area contributed by atoms with Gasteiger partial charge in [-0.2, -0.15) is 0 Å². The van der Waals surface area contributed by atoms with Crippen LogP contribution in [0.1, 0.15) is 0 Å². The molecule has 0 aliphatic carbocycles. The van der Waals surface area contributed by atoms with E-state index in [0.29, 0.717) is 42.0 Å². The minimum atomic E-state index is -0.247. The normalized spacial score (nSPS) is 15.2. The molecular weight excluding hydrogens is 317 g/mol. The maximum absolute atomic E-state index is 12.3. The summed E-state index contributed by atoms with van der Waals surface area (Å²) in [4.78, 5) is 13.9. The molecule has 1 aliphatic rings. The molecule has 1 aromatic carbocycles. The molecule has 9 heteroatoms. The van der Waals surface area contributed by atoms with Gasteiger partial charge in [-0.3, -0.25) is 0 Å². The minimum absolute atomic E-state index is 0.247. The molecule has 1 fully saturated rings. The zero-order valence-electron chi connectivity index (χ0n) is 10.9. The van der Waals surface area contributed by atoms with Gasteiger partial charge in [0.2, 0.25) is 0 Å². The number of morpholine rings is 1. The summed E-state index contributed by atoms with van der Waals surface area (Å²) in [5.74, 6) is 0. The van der Waals surface area contributed by atoms with E-state index in [1.165, 1.54) is 15.7 Å². The molecule has 0 spiro atoms. The number of carbonyl (C=O) groups excluding carboxylic acids is 1. The highest BCUT2D eigenvalue weighted by Gasteiger charge is 2.26. The van der Waals surface area contributed by atoms with E-state index in [-0.39, 0.29) is 6.03 Å². The SMILES string of the molecule is O=C(N1CCOCC1)n1c[n+](-c2cccc(Cl)c2Cl)nn1. The number of carbonyl (C=O) groups is 1. The molecule has 0 atom stereocenters. The fourth-order valence-electron chi connectivity index (χ4n) is 2.00. The average Bonchev–Trinajstić information content (AvgIpc) is 3.00. The Balaban J connectivity index is 1.86. The maximum Gasteiger partial charge on any atom is 0.420 e. The van der Waals surface area contributed by atoms with Gasteiger partial charge >= 0.3 is 6.03 Å². The summed E-state index contributed by atoms with van der Waals surface area (Å²) >= 11 is 12.1. The number of rotatable bonds is 1. The van der Waals surface area contributed by atoms with Crippen molar-refractivity contribution >= 4 is 29.2 Å². The number of tetrazole rings is 1. The molecule has 0 unspecified atom stereocenters. The molecule has 3 rings (SSSR count). The van der Waals surface area contributed by atoms with Crippen LogP contribution in [0.4, 0.5) is 4.79 Å². The first-order valence-corrected chi connectivity index (χ1v) is 7.08. The highest BCUT2D eigenvalue weighted by Crippen LogP contribution is 2.24. The van der Waals surface area contributed by atoms with Crippen LogP contribution in [0.25, 0.3) is 5.69 Å². The second kappa shape index (κ2) is 5.97. The van der Waals surface area contributed by atoms with Crippen LogP contribution < -0.4 is 4.68 Å². The molecule has 0 saturated carbocycles. The number of benzene rings is 1. The van der Waals surface area contributed by atoms with Crippen molar-refractivity contribution in [1.29, 1.82) is 0 Å².